The molecule has 0 aliphatic carbocycles. The molecule has 0 amide bonds. The maximum Gasteiger partial charge on any atom is 0.189 e. The number of hydrogen-bond donors (Lipinski definition) is 0. The first-order valence-corrected chi connectivity index (χ1v) is 7.77. The summed E-state index contributed by atoms with van der Waals surface area (Å²) in [5, 5.41) is 0. The Morgan fingerprint density at radius 2 is 1.88 bits per heavy atom. The van der Waals surface area contributed by atoms with Crippen LogP contribution in [0.2, 0.25) is 0 Å². The molecule has 0 saturated heterocycles. The van der Waals surface area contributed by atoms with Crippen molar-refractivity contribution in [2.24, 2.45) is 0 Å². The molecule has 0 fully saturated rings. The number of aryl methyl sites for hydroxylation is 1. The molecule has 4 heteroatoms. The minimum Gasteiger partial charge on any atom is -0.496 e. The topological polar surface area (TPSA) is 44.8 Å². The molecule has 2 rings (SSSR count). The molecule has 0 unspecified atom stereocenters. The molecule has 0 N–H and O–H groups in total. The summed E-state index contributed by atoms with van der Waals surface area (Å²) in [5.74, 6) is 1.70. The fourth-order valence-corrected chi connectivity index (χ4v) is 2.42. The summed E-state index contributed by atoms with van der Waals surface area (Å²) in [6.07, 6.45) is 3.25. The predicted octanol–water partition coefficient (Wildman–Crippen LogP) is 4.31. The third kappa shape index (κ3) is 3.96. The van der Waals surface area contributed by atoms with Crippen LogP contribution in [-0.2, 0) is 0 Å². The summed E-state index contributed by atoms with van der Waals surface area (Å²) >= 11 is 0. The van der Waals surface area contributed by atoms with E-state index in [9.17, 15) is 4.79 Å². The Labute approximate surface area is 142 Å². The standard InChI is InChI=1S/C20H22O4/c1-5-24-19-8-6-7-15(20(19)23-4)10-11-17(21)16-13-14(2)9-12-18(16)22-3/h6-13H,5H2,1-4H3/b11-10+. The van der Waals surface area contributed by atoms with Gasteiger partial charge in [-0.05, 0) is 44.2 Å². The molecule has 2 aromatic rings. The molecular weight excluding hydrogens is 304 g/mol. The zero-order valence-corrected chi connectivity index (χ0v) is 14.5. The number of methoxy groups -OCH3 is 2. The van der Waals surface area contributed by atoms with E-state index in [1.165, 1.54) is 6.08 Å². The van der Waals surface area contributed by atoms with Crippen molar-refractivity contribution in [1.82, 2.24) is 0 Å². The number of ketones is 1. The first-order valence-electron chi connectivity index (χ1n) is 7.77. The second-order valence-electron chi connectivity index (χ2n) is 5.21. The van der Waals surface area contributed by atoms with Gasteiger partial charge < -0.3 is 14.2 Å². The fraction of sp³-hybridized carbons (Fsp3) is 0.250. The number of rotatable bonds is 7. The molecule has 4 nitrogen and oxygen atoms in total. The first-order chi connectivity index (χ1) is 11.6. The third-order valence-corrected chi connectivity index (χ3v) is 3.55. The molecule has 0 spiro atoms. The van der Waals surface area contributed by atoms with Crippen LogP contribution in [0.5, 0.6) is 17.2 Å². The van der Waals surface area contributed by atoms with Crippen molar-refractivity contribution < 1.29 is 19.0 Å². The van der Waals surface area contributed by atoms with E-state index < -0.39 is 0 Å². The van der Waals surface area contributed by atoms with E-state index in [-0.39, 0.29) is 5.78 Å². The Morgan fingerprint density at radius 1 is 1.08 bits per heavy atom. The van der Waals surface area contributed by atoms with Gasteiger partial charge in [0.25, 0.3) is 0 Å². The highest BCUT2D eigenvalue weighted by Crippen LogP contribution is 2.32. The largest absolute Gasteiger partial charge is 0.496 e. The number of carbonyl (C=O) groups excluding carboxylic acids is 1. The van der Waals surface area contributed by atoms with Crippen molar-refractivity contribution >= 4 is 11.9 Å². The van der Waals surface area contributed by atoms with Gasteiger partial charge in [-0.2, -0.15) is 0 Å². The summed E-state index contributed by atoms with van der Waals surface area (Å²) in [6, 6.07) is 11.1. The van der Waals surface area contributed by atoms with Crippen LogP contribution in [0.3, 0.4) is 0 Å². The van der Waals surface area contributed by atoms with E-state index in [0.29, 0.717) is 29.4 Å². The minimum atomic E-state index is -0.126. The number of allylic oxidation sites excluding steroid dienone is 1. The average molecular weight is 326 g/mol. The molecule has 0 saturated carbocycles. The molecule has 0 atom stereocenters. The fourth-order valence-electron chi connectivity index (χ4n) is 2.42. The van der Waals surface area contributed by atoms with Crippen molar-refractivity contribution in [3.05, 3.63) is 59.2 Å². The molecule has 126 valence electrons. The highest BCUT2D eigenvalue weighted by Gasteiger charge is 2.11. The van der Waals surface area contributed by atoms with E-state index in [2.05, 4.69) is 0 Å². The average Bonchev–Trinajstić information content (AvgIpc) is 2.60. The van der Waals surface area contributed by atoms with Gasteiger partial charge in [-0.3, -0.25) is 4.79 Å². The smallest absolute Gasteiger partial charge is 0.189 e. The van der Waals surface area contributed by atoms with E-state index in [4.69, 9.17) is 14.2 Å². The van der Waals surface area contributed by atoms with Gasteiger partial charge in [0.05, 0.1) is 26.4 Å². The molecule has 0 aliphatic heterocycles. The number of benzene rings is 2. The molecule has 24 heavy (non-hydrogen) atoms. The molecule has 2 aromatic carbocycles. The number of ether oxygens (including phenoxy) is 3. The highest BCUT2D eigenvalue weighted by atomic mass is 16.5. The summed E-state index contributed by atoms with van der Waals surface area (Å²) in [5.41, 5.74) is 2.32. The minimum absolute atomic E-state index is 0.126. The molecule has 0 heterocycles. The van der Waals surface area contributed by atoms with Crippen molar-refractivity contribution in [2.75, 3.05) is 20.8 Å². The molecule has 0 radical (unpaired) electrons. The van der Waals surface area contributed by atoms with Gasteiger partial charge in [0.2, 0.25) is 0 Å². The Morgan fingerprint density at radius 3 is 2.54 bits per heavy atom. The van der Waals surface area contributed by atoms with E-state index in [1.807, 2.05) is 44.2 Å². The van der Waals surface area contributed by atoms with E-state index in [1.54, 1.807) is 26.4 Å². The first kappa shape index (κ1) is 17.6. The van der Waals surface area contributed by atoms with Crippen molar-refractivity contribution in [3.8, 4) is 17.2 Å². The Bertz CT molecular complexity index is 747. The number of carbonyl (C=O) groups is 1. The van der Waals surface area contributed by atoms with Crippen molar-refractivity contribution in [2.45, 2.75) is 13.8 Å². The van der Waals surface area contributed by atoms with Crippen molar-refractivity contribution in [1.29, 1.82) is 0 Å². The van der Waals surface area contributed by atoms with E-state index >= 15 is 0 Å². The molecule has 0 bridgehead atoms. The second-order valence-corrected chi connectivity index (χ2v) is 5.21. The molecular formula is C20H22O4. The van der Waals surface area contributed by atoms with Crippen LogP contribution in [0.15, 0.2) is 42.5 Å². The lowest BCUT2D eigenvalue weighted by molar-refractivity contribution is 0.104. The number of hydrogen-bond acceptors (Lipinski definition) is 4. The lowest BCUT2D eigenvalue weighted by Gasteiger charge is -2.11. The third-order valence-electron chi connectivity index (χ3n) is 3.55. The maximum absolute atomic E-state index is 12.5. The van der Waals surface area contributed by atoms with Crippen LogP contribution in [0.25, 0.3) is 6.08 Å². The van der Waals surface area contributed by atoms with Crippen LogP contribution >= 0.6 is 0 Å². The normalized spacial score (nSPS) is 10.7. The Kier molecular flexibility index (Phi) is 6.01. The Balaban J connectivity index is 2.33. The molecule has 0 aliphatic rings. The van der Waals surface area contributed by atoms with Crippen LogP contribution in [0, 0.1) is 6.92 Å². The van der Waals surface area contributed by atoms with Gasteiger partial charge in [0.1, 0.15) is 5.75 Å². The van der Waals surface area contributed by atoms with Crippen LogP contribution < -0.4 is 14.2 Å². The zero-order valence-electron chi connectivity index (χ0n) is 14.5. The van der Waals surface area contributed by atoms with Gasteiger partial charge in [-0.25, -0.2) is 0 Å². The summed E-state index contributed by atoms with van der Waals surface area (Å²) in [7, 11) is 3.14. The van der Waals surface area contributed by atoms with Gasteiger partial charge in [-0.15, -0.1) is 0 Å². The summed E-state index contributed by atoms with van der Waals surface area (Å²) in [6.45, 7) is 4.40. The second kappa shape index (κ2) is 8.20. The quantitative estimate of drug-likeness (QED) is 0.562. The van der Waals surface area contributed by atoms with Gasteiger partial charge in [0.15, 0.2) is 17.3 Å². The monoisotopic (exact) mass is 326 g/mol. The number of para-hydroxylation sites is 1. The maximum atomic E-state index is 12.5. The SMILES string of the molecule is CCOc1cccc(/C=C/C(=O)c2cc(C)ccc2OC)c1OC. The van der Waals surface area contributed by atoms with Crippen molar-refractivity contribution in [3.63, 3.8) is 0 Å². The predicted molar refractivity (Wildman–Crippen MR) is 95.3 cm³/mol. The lowest BCUT2D eigenvalue weighted by atomic mass is 10.0. The van der Waals surface area contributed by atoms with Crippen LogP contribution in [-0.4, -0.2) is 26.6 Å². The highest BCUT2D eigenvalue weighted by molar-refractivity contribution is 6.08. The van der Waals surface area contributed by atoms with Crippen LogP contribution in [0.4, 0.5) is 0 Å². The van der Waals surface area contributed by atoms with Gasteiger partial charge >= 0.3 is 0 Å². The zero-order chi connectivity index (χ0) is 17.5. The summed E-state index contributed by atoms with van der Waals surface area (Å²) in [4.78, 5) is 12.5. The molecule has 0 aromatic heterocycles. The lowest BCUT2D eigenvalue weighted by Crippen LogP contribution is -2.00. The van der Waals surface area contributed by atoms with Gasteiger partial charge in [0, 0.05) is 5.56 Å². The Hall–Kier alpha value is -2.75. The van der Waals surface area contributed by atoms with Crippen LogP contribution in [0.1, 0.15) is 28.4 Å². The summed E-state index contributed by atoms with van der Waals surface area (Å²) < 4.78 is 16.2. The van der Waals surface area contributed by atoms with Gasteiger partial charge in [-0.1, -0.05) is 23.8 Å². The van der Waals surface area contributed by atoms with E-state index in [0.717, 1.165) is 11.1 Å².